The molecule has 0 aliphatic carbocycles. The quantitative estimate of drug-likeness (QED) is 0.650. The molecule has 2 saturated heterocycles. The number of amides is 1. The number of halogens is 2. The number of carbonyl (C=O) groups excluding carboxylic acids is 1. The average Bonchev–Trinajstić information content (AvgIpc) is 2.74. The van der Waals surface area contributed by atoms with E-state index in [2.05, 4.69) is 22.7 Å². The van der Waals surface area contributed by atoms with E-state index in [4.69, 9.17) is 5.73 Å². The lowest BCUT2D eigenvalue weighted by Crippen LogP contribution is -2.39. The van der Waals surface area contributed by atoms with E-state index in [9.17, 15) is 13.6 Å². The van der Waals surface area contributed by atoms with Gasteiger partial charge in [-0.1, -0.05) is 6.07 Å². The number of nitrogens with zero attached hydrogens (tertiary/aromatic N) is 2. The van der Waals surface area contributed by atoms with Crippen LogP contribution >= 0.6 is 10.0 Å². The van der Waals surface area contributed by atoms with Crippen molar-refractivity contribution in [1.29, 1.82) is 0 Å². The summed E-state index contributed by atoms with van der Waals surface area (Å²) in [7, 11) is -0.563. The zero-order chi connectivity index (χ0) is 22.9. The first-order valence-electron chi connectivity index (χ1n) is 11.0. The number of carbonyl (C=O) groups is 1. The Morgan fingerprint density at radius 2 is 1.69 bits per heavy atom. The topological polar surface area (TPSA) is 61.6 Å². The second-order valence-corrected chi connectivity index (χ2v) is 13.6. The van der Waals surface area contributed by atoms with E-state index in [0.29, 0.717) is 30.0 Å². The van der Waals surface area contributed by atoms with Gasteiger partial charge in [0.1, 0.15) is 0 Å². The van der Waals surface area contributed by atoms with Crippen LogP contribution in [0.3, 0.4) is 0 Å². The van der Waals surface area contributed by atoms with Crippen molar-refractivity contribution in [2.45, 2.75) is 18.8 Å². The third-order valence-corrected chi connectivity index (χ3v) is 8.97. The second-order valence-electron chi connectivity index (χ2n) is 9.29. The lowest BCUT2D eigenvalue weighted by atomic mass is 10.1. The van der Waals surface area contributed by atoms with E-state index >= 15 is 0 Å². The van der Waals surface area contributed by atoms with Crippen molar-refractivity contribution in [3.63, 3.8) is 0 Å². The molecular weight excluding hydrogens is 430 g/mol. The summed E-state index contributed by atoms with van der Waals surface area (Å²) < 4.78 is 27.0. The van der Waals surface area contributed by atoms with Gasteiger partial charge in [0.2, 0.25) is 0 Å². The Kier molecular flexibility index (Phi) is 6.25. The monoisotopic (exact) mass is 462 g/mol. The number of nitrogen functional groups attached to an aromatic ring is 1. The summed E-state index contributed by atoms with van der Waals surface area (Å²) >= 11 is 0. The molecule has 1 amide bonds. The SMILES string of the molecule is CS1(C)CCN(c2cc(N)ccc2C(=O)Nc2cccc(N3CCC(F)(F)CC3)c2)CC1. The molecule has 0 unspecified atom stereocenters. The number of nitrogens with two attached hydrogens (primary N) is 1. The minimum absolute atomic E-state index is 0.146. The standard InChI is InChI=1S/C24H32F2N4OS/c1-32(2)14-12-30(13-15-32)22-16-18(27)6-7-21(22)23(31)28-19-4-3-5-20(17-19)29-10-8-24(25,26)9-11-29/h3-7,16-17H,8-15,27H2,1-2H3,(H,28,31). The predicted octanol–water partition coefficient (Wildman–Crippen LogP) is 4.64. The van der Waals surface area contributed by atoms with Crippen molar-refractivity contribution in [3.05, 3.63) is 48.0 Å². The number of anilines is 4. The minimum atomic E-state index is -2.58. The van der Waals surface area contributed by atoms with Gasteiger partial charge < -0.3 is 20.9 Å². The van der Waals surface area contributed by atoms with Crippen LogP contribution in [-0.2, 0) is 0 Å². The summed E-state index contributed by atoms with van der Waals surface area (Å²) in [5.41, 5.74) is 9.64. The molecule has 2 aromatic rings. The molecule has 174 valence electrons. The van der Waals surface area contributed by atoms with Crippen LogP contribution in [0.2, 0.25) is 0 Å². The third-order valence-electron chi connectivity index (χ3n) is 6.40. The van der Waals surface area contributed by atoms with Gasteiger partial charge in [-0.2, -0.15) is 0 Å². The highest BCUT2D eigenvalue weighted by molar-refractivity contribution is 8.32. The summed E-state index contributed by atoms with van der Waals surface area (Å²) in [4.78, 5) is 17.4. The van der Waals surface area contributed by atoms with E-state index in [1.165, 1.54) is 0 Å². The van der Waals surface area contributed by atoms with Crippen molar-refractivity contribution in [3.8, 4) is 0 Å². The van der Waals surface area contributed by atoms with Crippen LogP contribution in [0.5, 0.6) is 0 Å². The Morgan fingerprint density at radius 3 is 2.38 bits per heavy atom. The lowest BCUT2D eigenvalue weighted by Gasteiger charge is -2.42. The molecule has 32 heavy (non-hydrogen) atoms. The van der Waals surface area contributed by atoms with E-state index in [-0.39, 0.29) is 18.7 Å². The van der Waals surface area contributed by atoms with Crippen molar-refractivity contribution in [2.24, 2.45) is 0 Å². The second kappa shape index (κ2) is 8.81. The van der Waals surface area contributed by atoms with Gasteiger partial charge in [-0.3, -0.25) is 4.79 Å². The van der Waals surface area contributed by atoms with Crippen LogP contribution in [-0.4, -0.2) is 62.0 Å². The number of hydrogen-bond donors (Lipinski definition) is 2. The van der Waals surface area contributed by atoms with Gasteiger partial charge in [0.25, 0.3) is 11.8 Å². The smallest absolute Gasteiger partial charge is 0.257 e. The molecule has 0 bridgehead atoms. The van der Waals surface area contributed by atoms with E-state index in [1.807, 2.05) is 35.2 Å². The van der Waals surface area contributed by atoms with Crippen LogP contribution in [0.4, 0.5) is 31.5 Å². The first-order valence-corrected chi connectivity index (χ1v) is 13.8. The Hall–Kier alpha value is -2.48. The van der Waals surface area contributed by atoms with Gasteiger partial charge in [-0.05, 0) is 60.4 Å². The predicted molar refractivity (Wildman–Crippen MR) is 133 cm³/mol. The highest BCUT2D eigenvalue weighted by Crippen LogP contribution is 2.43. The maximum absolute atomic E-state index is 13.5. The molecule has 0 spiro atoms. The van der Waals surface area contributed by atoms with Crippen molar-refractivity contribution in [2.75, 3.05) is 71.0 Å². The van der Waals surface area contributed by atoms with Crippen molar-refractivity contribution in [1.82, 2.24) is 0 Å². The van der Waals surface area contributed by atoms with Crippen LogP contribution in [0.15, 0.2) is 42.5 Å². The van der Waals surface area contributed by atoms with Gasteiger partial charge in [0.05, 0.1) is 11.3 Å². The molecule has 0 saturated carbocycles. The summed E-state index contributed by atoms with van der Waals surface area (Å²) in [5, 5.41) is 2.99. The molecule has 8 heteroatoms. The van der Waals surface area contributed by atoms with Crippen LogP contribution in [0.1, 0.15) is 23.2 Å². The van der Waals surface area contributed by atoms with Crippen LogP contribution < -0.4 is 20.9 Å². The number of piperidine rings is 1. The first kappa shape index (κ1) is 22.7. The number of alkyl halides is 2. The Bertz CT molecular complexity index is 978. The molecule has 0 aromatic heterocycles. The summed E-state index contributed by atoms with van der Waals surface area (Å²) in [6, 6.07) is 12.8. The number of rotatable bonds is 4. The fourth-order valence-corrected chi connectivity index (χ4v) is 5.88. The molecule has 3 N–H and O–H groups in total. The van der Waals surface area contributed by atoms with Crippen LogP contribution in [0.25, 0.3) is 0 Å². The Morgan fingerprint density at radius 1 is 1.00 bits per heavy atom. The minimum Gasteiger partial charge on any atom is -0.399 e. The number of hydrogen-bond acceptors (Lipinski definition) is 4. The Balaban J connectivity index is 1.50. The fourth-order valence-electron chi connectivity index (χ4n) is 4.24. The maximum Gasteiger partial charge on any atom is 0.257 e. The molecular formula is C24H32F2N4OS. The largest absolute Gasteiger partial charge is 0.399 e. The van der Waals surface area contributed by atoms with Crippen LogP contribution in [0, 0.1) is 0 Å². The summed E-state index contributed by atoms with van der Waals surface area (Å²) in [6.07, 6.45) is 4.42. The molecule has 0 radical (unpaired) electrons. The summed E-state index contributed by atoms with van der Waals surface area (Å²) in [5.74, 6) is -0.502. The highest BCUT2D eigenvalue weighted by Gasteiger charge is 2.34. The van der Waals surface area contributed by atoms with Crippen molar-refractivity contribution >= 4 is 38.7 Å². The van der Waals surface area contributed by atoms with Gasteiger partial charge >= 0.3 is 0 Å². The average molecular weight is 463 g/mol. The zero-order valence-corrected chi connectivity index (χ0v) is 19.6. The van der Waals surface area contributed by atoms with Gasteiger partial charge in [-0.15, -0.1) is 0 Å². The third kappa shape index (κ3) is 5.28. The van der Waals surface area contributed by atoms with Crippen molar-refractivity contribution < 1.29 is 13.6 Å². The summed E-state index contributed by atoms with van der Waals surface area (Å²) in [6.45, 7) is 2.45. The molecule has 5 nitrogen and oxygen atoms in total. The van der Waals surface area contributed by atoms with E-state index in [0.717, 1.165) is 36.0 Å². The molecule has 2 aromatic carbocycles. The maximum atomic E-state index is 13.5. The molecule has 2 aliphatic heterocycles. The number of nitrogens with one attached hydrogen (secondary N) is 1. The Labute approximate surface area is 190 Å². The fraction of sp³-hybridized carbons (Fsp3) is 0.458. The van der Waals surface area contributed by atoms with Gasteiger partial charge in [-0.25, -0.2) is 18.8 Å². The van der Waals surface area contributed by atoms with Gasteiger partial charge in [0.15, 0.2) is 0 Å². The van der Waals surface area contributed by atoms with E-state index in [1.54, 1.807) is 12.1 Å². The molecule has 2 fully saturated rings. The highest BCUT2D eigenvalue weighted by atomic mass is 32.3. The van der Waals surface area contributed by atoms with E-state index < -0.39 is 16.0 Å². The van der Waals surface area contributed by atoms with Gasteiger partial charge in [0, 0.05) is 56.1 Å². The molecule has 2 aliphatic rings. The zero-order valence-electron chi connectivity index (χ0n) is 18.7. The molecule has 0 atom stereocenters. The lowest BCUT2D eigenvalue weighted by molar-refractivity contribution is -0.0220. The number of benzene rings is 2. The normalized spacial score (nSPS) is 21.1. The molecule has 4 rings (SSSR count). The molecule has 2 heterocycles. The first-order chi connectivity index (χ1) is 15.1.